The minimum Gasteiger partial charge on any atom is -0.354 e. The molecule has 0 saturated heterocycles. The van der Waals surface area contributed by atoms with Crippen LogP contribution in [0.1, 0.15) is 22.3 Å². The molecule has 0 saturated carbocycles. The van der Waals surface area contributed by atoms with Gasteiger partial charge in [0.1, 0.15) is 11.9 Å². The number of rotatable bonds is 4. The third-order valence-electron chi connectivity index (χ3n) is 4.10. The fourth-order valence-corrected chi connectivity index (χ4v) is 2.53. The second kappa shape index (κ2) is 7.06. The summed E-state index contributed by atoms with van der Waals surface area (Å²) in [7, 11) is 0. The first-order chi connectivity index (χ1) is 12.1. The summed E-state index contributed by atoms with van der Waals surface area (Å²) in [5, 5.41) is 16.2. The number of aromatic nitrogens is 1. The van der Waals surface area contributed by atoms with Gasteiger partial charge in [-0.3, -0.25) is 0 Å². The zero-order chi connectivity index (χ0) is 17.8. The maximum atomic E-state index is 9.59. The van der Waals surface area contributed by atoms with Crippen LogP contribution < -0.4 is 10.6 Å². The Bertz CT molecular complexity index is 920. The average molecular weight is 328 g/mol. The molecule has 2 aromatic carbocycles. The van der Waals surface area contributed by atoms with Crippen molar-refractivity contribution in [1.82, 2.24) is 4.98 Å². The Kier molecular flexibility index (Phi) is 4.67. The third-order valence-corrected chi connectivity index (χ3v) is 4.10. The summed E-state index contributed by atoms with van der Waals surface area (Å²) in [6.07, 6.45) is 1.76. The Morgan fingerprint density at radius 3 is 1.84 bits per heavy atom. The van der Waals surface area contributed by atoms with Crippen LogP contribution in [-0.4, -0.2) is 4.98 Å². The molecule has 0 amide bonds. The first-order valence-corrected chi connectivity index (χ1v) is 8.14. The van der Waals surface area contributed by atoms with Crippen molar-refractivity contribution in [3.8, 4) is 6.07 Å². The second-order valence-corrected chi connectivity index (χ2v) is 6.11. The molecule has 2 N–H and O–H groups in total. The van der Waals surface area contributed by atoms with Gasteiger partial charge in [-0.2, -0.15) is 5.26 Å². The molecule has 0 aliphatic carbocycles. The van der Waals surface area contributed by atoms with E-state index in [-0.39, 0.29) is 0 Å². The van der Waals surface area contributed by atoms with E-state index in [1.54, 1.807) is 6.20 Å². The third kappa shape index (κ3) is 3.78. The molecule has 3 aromatic rings. The fraction of sp³-hybridized carbons (Fsp3) is 0.143. The van der Waals surface area contributed by atoms with E-state index in [0.29, 0.717) is 11.4 Å². The first-order valence-electron chi connectivity index (χ1n) is 8.14. The molecule has 3 rings (SSSR count). The van der Waals surface area contributed by atoms with E-state index in [2.05, 4.69) is 28.6 Å². The van der Waals surface area contributed by atoms with Crippen molar-refractivity contribution >= 4 is 22.9 Å². The molecule has 1 heterocycles. The summed E-state index contributed by atoms with van der Waals surface area (Å²) in [5.74, 6) is 0.568. The highest BCUT2D eigenvalue weighted by Gasteiger charge is 2.12. The van der Waals surface area contributed by atoms with Gasteiger partial charge in [0.05, 0.1) is 17.4 Å². The van der Waals surface area contributed by atoms with Crippen molar-refractivity contribution in [2.45, 2.75) is 20.8 Å². The Morgan fingerprint density at radius 2 is 1.32 bits per heavy atom. The zero-order valence-corrected chi connectivity index (χ0v) is 14.6. The van der Waals surface area contributed by atoms with E-state index in [9.17, 15) is 5.26 Å². The van der Waals surface area contributed by atoms with Crippen LogP contribution in [-0.2, 0) is 0 Å². The molecular weight excluding hydrogens is 308 g/mol. The van der Waals surface area contributed by atoms with Crippen LogP contribution >= 0.6 is 0 Å². The molecule has 25 heavy (non-hydrogen) atoms. The molecule has 4 heteroatoms. The van der Waals surface area contributed by atoms with Crippen molar-refractivity contribution in [2.75, 3.05) is 10.6 Å². The minimum absolute atomic E-state index is 0.540. The van der Waals surface area contributed by atoms with Crippen LogP contribution in [0.15, 0.2) is 54.7 Å². The number of nitrogens with one attached hydrogen (secondary N) is 2. The van der Waals surface area contributed by atoms with Gasteiger partial charge in [-0.25, -0.2) is 4.98 Å². The molecule has 0 unspecified atom stereocenters. The SMILES string of the molecule is Cc1ccc(Nc2cnc(Nc3ccc(C)cc3)c(C#N)c2C)cc1. The van der Waals surface area contributed by atoms with Crippen LogP contribution in [0.2, 0.25) is 0 Å². The second-order valence-electron chi connectivity index (χ2n) is 6.11. The van der Waals surface area contributed by atoms with Crippen molar-refractivity contribution in [1.29, 1.82) is 5.26 Å². The molecular formula is C21H20N4. The number of anilines is 4. The standard InChI is InChI=1S/C21H20N4/c1-14-4-8-17(9-5-14)24-20-13-23-21(19(12-22)16(20)3)25-18-10-6-15(2)7-11-18/h4-11,13,24H,1-3H3,(H,23,25). The van der Waals surface area contributed by atoms with E-state index in [1.165, 1.54) is 11.1 Å². The smallest absolute Gasteiger partial charge is 0.148 e. The molecule has 0 spiro atoms. The highest BCUT2D eigenvalue weighted by molar-refractivity contribution is 5.72. The van der Waals surface area contributed by atoms with Gasteiger partial charge in [-0.15, -0.1) is 0 Å². The molecule has 0 bridgehead atoms. The van der Waals surface area contributed by atoms with Crippen LogP contribution in [0.5, 0.6) is 0 Å². The summed E-state index contributed by atoms with van der Waals surface area (Å²) in [5.41, 5.74) is 6.51. The van der Waals surface area contributed by atoms with Crippen molar-refractivity contribution in [2.24, 2.45) is 0 Å². The van der Waals surface area contributed by atoms with E-state index in [0.717, 1.165) is 22.6 Å². The number of benzene rings is 2. The molecule has 0 aliphatic heterocycles. The van der Waals surface area contributed by atoms with Gasteiger partial charge in [-0.1, -0.05) is 35.4 Å². The Labute approximate surface area is 148 Å². The number of hydrogen-bond donors (Lipinski definition) is 2. The average Bonchev–Trinajstić information content (AvgIpc) is 2.61. The zero-order valence-electron chi connectivity index (χ0n) is 14.6. The lowest BCUT2D eigenvalue weighted by molar-refractivity contribution is 1.24. The van der Waals surface area contributed by atoms with Gasteiger partial charge in [0.15, 0.2) is 0 Å². The topological polar surface area (TPSA) is 60.7 Å². The molecule has 0 fully saturated rings. The lowest BCUT2D eigenvalue weighted by Gasteiger charge is -2.14. The largest absolute Gasteiger partial charge is 0.354 e. The summed E-state index contributed by atoms with van der Waals surface area (Å²) in [6.45, 7) is 6.02. The Balaban J connectivity index is 1.89. The maximum Gasteiger partial charge on any atom is 0.148 e. The van der Waals surface area contributed by atoms with E-state index in [1.807, 2.05) is 62.4 Å². The van der Waals surface area contributed by atoms with Crippen LogP contribution in [0.4, 0.5) is 22.9 Å². The highest BCUT2D eigenvalue weighted by atomic mass is 15.0. The first kappa shape index (κ1) is 16.5. The quantitative estimate of drug-likeness (QED) is 0.676. The Hall–Kier alpha value is -3.32. The lowest BCUT2D eigenvalue weighted by atomic mass is 10.1. The predicted octanol–water partition coefficient (Wildman–Crippen LogP) is 5.37. The fourth-order valence-electron chi connectivity index (χ4n) is 2.53. The van der Waals surface area contributed by atoms with Gasteiger partial charge in [-0.05, 0) is 50.6 Å². The molecule has 0 aliphatic rings. The summed E-state index contributed by atoms with van der Waals surface area (Å²) in [6, 6.07) is 18.4. The monoisotopic (exact) mass is 328 g/mol. The molecule has 0 atom stereocenters. The summed E-state index contributed by atoms with van der Waals surface area (Å²) < 4.78 is 0. The minimum atomic E-state index is 0.540. The summed E-state index contributed by atoms with van der Waals surface area (Å²) in [4.78, 5) is 4.45. The van der Waals surface area contributed by atoms with Gasteiger partial charge in [0.2, 0.25) is 0 Å². The lowest BCUT2D eigenvalue weighted by Crippen LogP contribution is -2.02. The number of pyridine rings is 1. The van der Waals surface area contributed by atoms with Crippen molar-refractivity contribution in [3.05, 3.63) is 77.0 Å². The molecule has 4 nitrogen and oxygen atoms in total. The van der Waals surface area contributed by atoms with E-state index >= 15 is 0 Å². The molecule has 124 valence electrons. The number of nitriles is 1. The maximum absolute atomic E-state index is 9.59. The van der Waals surface area contributed by atoms with Gasteiger partial charge < -0.3 is 10.6 Å². The summed E-state index contributed by atoms with van der Waals surface area (Å²) >= 11 is 0. The molecule has 1 aromatic heterocycles. The van der Waals surface area contributed by atoms with Crippen LogP contribution in [0.25, 0.3) is 0 Å². The van der Waals surface area contributed by atoms with Gasteiger partial charge >= 0.3 is 0 Å². The highest BCUT2D eigenvalue weighted by Crippen LogP contribution is 2.28. The van der Waals surface area contributed by atoms with Crippen LogP contribution in [0.3, 0.4) is 0 Å². The number of aryl methyl sites for hydroxylation is 2. The van der Waals surface area contributed by atoms with E-state index in [4.69, 9.17) is 0 Å². The normalized spacial score (nSPS) is 10.2. The van der Waals surface area contributed by atoms with Crippen LogP contribution in [0, 0.1) is 32.1 Å². The van der Waals surface area contributed by atoms with E-state index < -0.39 is 0 Å². The number of hydrogen-bond acceptors (Lipinski definition) is 4. The van der Waals surface area contributed by atoms with Crippen molar-refractivity contribution in [3.63, 3.8) is 0 Å². The molecule has 0 radical (unpaired) electrons. The number of nitrogens with zero attached hydrogens (tertiary/aromatic N) is 2. The predicted molar refractivity (Wildman–Crippen MR) is 103 cm³/mol. The van der Waals surface area contributed by atoms with Gasteiger partial charge in [0.25, 0.3) is 0 Å². The van der Waals surface area contributed by atoms with Gasteiger partial charge in [0, 0.05) is 11.4 Å². The van der Waals surface area contributed by atoms with Crippen molar-refractivity contribution < 1.29 is 0 Å². The Morgan fingerprint density at radius 1 is 0.800 bits per heavy atom.